The van der Waals surface area contributed by atoms with E-state index in [0.717, 1.165) is 12.8 Å². The Morgan fingerprint density at radius 2 is 1.54 bits per heavy atom. The van der Waals surface area contributed by atoms with Gasteiger partial charge in [0.25, 0.3) is 0 Å². The summed E-state index contributed by atoms with van der Waals surface area (Å²) < 4.78 is 15.0. The number of carboxylic acids is 1. The van der Waals surface area contributed by atoms with Crippen LogP contribution in [0.5, 0.6) is 0 Å². The van der Waals surface area contributed by atoms with E-state index in [9.17, 15) is 9.59 Å². The third kappa shape index (κ3) is 10.7. The minimum absolute atomic E-state index is 0.0170. The number of esters is 1. The summed E-state index contributed by atoms with van der Waals surface area (Å²) in [5, 5.41) is 26.4. The van der Waals surface area contributed by atoms with Crippen molar-refractivity contribution >= 4 is 11.9 Å². The monoisotopic (exact) mass is 378 g/mol. The molecule has 5 unspecified atom stereocenters. The van der Waals surface area contributed by atoms with Gasteiger partial charge in [-0.15, -0.1) is 0 Å². The maximum atomic E-state index is 11.2. The normalized spacial score (nSPS) is 23.2. The van der Waals surface area contributed by atoms with Crippen molar-refractivity contribution in [3.05, 3.63) is 0 Å². The Labute approximate surface area is 155 Å². The Morgan fingerprint density at radius 3 is 2.00 bits per heavy atom. The summed E-state index contributed by atoms with van der Waals surface area (Å²) in [4.78, 5) is 22.0. The number of aliphatic hydroxyl groups excluding tert-OH is 2. The molecule has 1 rings (SSSR count). The van der Waals surface area contributed by atoms with E-state index < -0.39 is 23.9 Å². The number of rotatable bonds is 9. The number of carbonyl (C=O) groups is 2. The highest BCUT2D eigenvalue weighted by Crippen LogP contribution is 2.30. The zero-order valence-electron chi connectivity index (χ0n) is 16.2. The molecule has 0 aromatic heterocycles. The number of aliphatic carboxylic acids is 1. The van der Waals surface area contributed by atoms with E-state index in [0.29, 0.717) is 26.1 Å². The molecule has 0 aliphatic heterocycles. The first-order valence-electron chi connectivity index (χ1n) is 9.05. The number of aliphatic hydroxyl groups is 2. The molecular formula is C18H34O8. The van der Waals surface area contributed by atoms with Gasteiger partial charge in [-0.25, -0.2) is 0 Å². The summed E-state index contributed by atoms with van der Waals surface area (Å²) in [6.45, 7) is 6.10. The molecule has 0 heterocycles. The van der Waals surface area contributed by atoms with E-state index in [-0.39, 0.29) is 24.8 Å². The van der Waals surface area contributed by atoms with Gasteiger partial charge < -0.3 is 29.5 Å². The quantitative estimate of drug-likeness (QED) is 0.512. The Kier molecular flexibility index (Phi) is 13.3. The fraction of sp³-hybridized carbons (Fsp3) is 0.889. The molecule has 1 fully saturated rings. The largest absolute Gasteiger partial charge is 0.481 e. The van der Waals surface area contributed by atoms with E-state index in [2.05, 4.69) is 4.74 Å². The van der Waals surface area contributed by atoms with Crippen LogP contribution in [0.25, 0.3) is 0 Å². The van der Waals surface area contributed by atoms with Crippen LogP contribution >= 0.6 is 0 Å². The van der Waals surface area contributed by atoms with Crippen LogP contribution in [0.1, 0.15) is 46.5 Å². The van der Waals surface area contributed by atoms with Crippen LogP contribution in [0, 0.1) is 11.8 Å². The van der Waals surface area contributed by atoms with Crippen molar-refractivity contribution in [3.63, 3.8) is 0 Å². The summed E-state index contributed by atoms with van der Waals surface area (Å²) in [7, 11) is 1.30. The SMILES string of the molecule is CC(O)COC(C)COC(C)CO.COC(=O)C1CCCCC1C(=O)O. The van der Waals surface area contributed by atoms with Crippen LogP contribution in [0.3, 0.4) is 0 Å². The predicted molar refractivity (Wildman–Crippen MR) is 94.7 cm³/mol. The molecule has 0 saturated heterocycles. The third-order valence-electron chi connectivity index (χ3n) is 4.08. The zero-order valence-corrected chi connectivity index (χ0v) is 16.2. The molecular weight excluding hydrogens is 344 g/mol. The summed E-state index contributed by atoms with van der Waals surface area (Å²) in [5.41, 5.74) is 0. The van der Waals surface area contributed by atoms with Crippen molar-refractivity contribution in [1.29, 1.82) is 0 Å². The highest BCUT2D eigenvalue weighted by atomic mass is 16.5. The minimum atomic E-state index is -0.880. The molecule has 5 atom stereocenters. The molecule has 154 valence electrons. The van der Waals surface area contributed by atoms with Crippen LogP contribution in [-0.4, -0.2) is 72.5 Å². The summed E-state index contributed by atoms with van der Waals surface area (Å²) in [6, 6.07) is 0. The molecule has 1 aliphatic carbocycles. The number of hydrogen-bond donors (Lipinski definition) is 3. The van der Waals surface area contributed by atoms with Crippen molar-refractivity contribution in [3.8, 4) is 0 Å². The van der Waals surface area contributed by atoms with E-state index in [1.807, 2.05) is 6.92 Å². The third-order valence-corrected chi connectivity index (χ3v) is 4.08. The fourth-order valence-corrected chi connectivity index (χ4v) is 2.56. The van der Waals surface area contributed by atoms with Crippen molar-refractivity contribution in [2.75, 3.05) is 26.9 Å². The standard InChI is InChI=1S/C9H14O4.C9H20O4/c1-13-9(12)7-5-3-2-4-6(7)8(10)11;1-7(11)5-12-9(3)6-13-8(2)4-10/h6-7H,2-5H2,1H3,(H,10,11);7-11H,4-6H2,1-3H3. The lowest BCUT2D eigenvalue weighted by Crippen LogP contribution is -2.33. The maximum Gasteiger partial charge on any atom is 0.309 e. The highest BCUT2D eigenvalue weighted by Gasteiger charge is 2.36. The molecule has 26 heavy (non-hydrogen) atoms. The minimum Gasteiger partial charge on any atom is -0.481 e. The second kappa shape index (κ2) is 13.9. The number of carbonyl (C=O) groups excluding carboxylic acids is 1. The van der Waals surface area contributed by atoms with Gasteiger partial charge in [-0.2, -0.15) is 0 Å². The second-order valence-electron chi connectivity index (χ2n) is 6.68. The van der Waals surface area contributed by atoms with Crippen LogP contribution in [-0.2, 0) is 23.8 Å². The van der Waals surface area contributed by atoms with Crippen molar-refractivity contribution in [2.45, 2.75) is 64.8 Å². The molecule has 1 aliphatic rings. The zero-order chi connectivity index (χ0) is 20.1. The molecule has 3 N–H and O–H groups in total. The van der Waals surface area contributed by atoms with Crippen LogP contribution in [0.15, 0.2) is 0 Å². The Morgan fingerprint density at radius 1 is 1.00 bits per heavy atom. The molecule has 0 bridgehead atoms. The second-order valence-corrected chi connectivity index (χ2v) is 6.68. The average Bonchev–Trinajstić information content (AvgIpc) is 2.64. The first-order chi connectivity index (χ1) is 12.2. The summed E-state index contributed by atoms with van der Waals surface area (Å²) in [6.07, 6.45) is 2.39. The lowest BCUT2D eigenvalue weighted by molar-refractivity contribution is -0.157. The number of hydrogen-bond acceptors (Lipinski definition) is 7. The van der Waals surface area contributed by atoms with Gasteiger partial charge in [-0.1, -0.05) is 12.8 Å². The van der Waals surface area contributed by atoms with E-state index >= 15 is 0 Å². The predicted octanol–water partition coefficient (Wildman–Crippen LogP) is 1.22. The molecule has 0 spiro atoms. The van der Waals surface area contributed by atoms with Crippen LogP contribution in [0.4, 0.5) is 0 Å². The highest BCUT2D eigenvalue weighted by molar-refractivity contribution is 5.81. The van der Waals surface area contributed by atoms with Gasteiger partial charge in [0.1, 0.15) is 0 Å². The molecule has 0 aromatic carbocycles. The number of carboxylic acid groups (broad SMARTS) is 1. The smallest absolute Gasteiger partial charge is 0.309 e. The van der Waals surface area contributed by atoms with Gasteiger partial charge in [0, 0.05) is 0 Å². The van der Waals surface area contributed by atoms with E-state index in [4.69, 9.17) is 24.8 Å². The van der Waals surface area contributed by atoms with Crippen molar-refractivity contribution in [2.24, 2.45) is 11.8 Å². The van der Waals surface area contributed by atoms with E-state index in [1.54, 1.807) is 13.8 Å². The fourth-order valence-electron chi connectivity index (χ4n) is 2.56. The average molecular weight is 378 g/mol. The Balaban J connectivity index is 0.000000481. The lowest BCUT2D eigenvalue weighted by Gasteiger charge is -2.25. The summed E-state index contributed by atoms with van der Waals surface area (Å²) >= 11 is 0. The van der Waals surface area contributed by atoms with Crippen LogP contribution in [0.2, 0.25) is 0 Å². The van der Waals surface area contributed by atoms with Gasteiger partial charge in [-0.3, -0.25) is 9.59 Å². The summed E-state index contributed by atoms with van der Waals surface area (Å²) in [5.74, 6) is -2.24. The molecule has 0 aromatic rings. The van der Waals surface area contributed by atoms with Gasteiger partial charge in [0.05, 0.1) is 57.1 Å². The van der Waals surface area contributed by atoms with Crippen molar-refractivity contribution < 1.29 is 39.1 Å². The van der Waals surface area contributed by atoms with Gasteiger partial charge in [0.15, 0.2) is 0 Å². The first-order valence-corrected chi connectivity index (χ1v) is 9.05. The first kappa shape index (κ1) is 24.8. The number of ether oxygens (including phenoxy) is 3. The lowest BCUT2D eigenvalue weighted by atomic mass is 9.79. The maximum absolute atomic E-state index is 11.2. The van der Waals surface area contributed by atoms with Gasteiger partial charge >= 0.3 is 11.9 Å². The molecule has 8 heteroatoms. The molecule has 8 nitrogen and oxygen atoms in total. The topological polar surface area (TPSA) is 123 Å². The Bertz CT molecular complexity index is 399. The van der Waals surface area contributed by atoms with Crippen molar-refractivity contribution in [1.82, 2.24) is 0 Å². The molecule has 0 amide bonds. The molecule has 0 radical (unpaired) electrons. The van der Waals surface area contributed by atoms with Crippen LogP contribution < -0.4 is 0 Å². The van der Waals surface area contributed by atoms with E-state index in [1.165, 1.54) is 7.11 Å². The van der Waals surface area contributed by atoms with Gasteiger partial charge in [0.2, 0.25) is 0 Å². The molecule has 1 saturated carbocycles. The van der Waals surface area contributed by atoms with Gasteiger partial charge in [-0.05, 0) is 33.6 Å². The Hall–Kier alpha value is -1.22. The number of methoxy groups -OCH3 is 1.